The molecular weight excluding hydrogens is 1680 g/mol. The van der Waals surface area contributed by atoms with Crippen molar-refractivity contribution in [3.8, 4) is 0 Å². The van der Waals surface area contributed by atoms with Crippen LogP contribution < -0.4 is 26.0 Å². The highest BCUT2D eigenvalue weighted by atomic mass is 128. The summed E-state index contributed by atoms with van der Waals surface area (Å²) in [5, 5.41) is 64.0. The number of benzene rings is 3. The third-order valence-electron chi connectivity index (χ3n) is 15.8. The molecule has 0 saturated carbocycles. The minimum atomic E-state index is -3.88. The van der Waals surface area contributed by atoms with Crippen molar-refractivity contribution in [3.63, 3.8) is 0 Å². The molecule has 0 amide bonds. The Hall–Kier alpha value is -7.01. The Morgan fingerprint density at radius 1 is 0.649 bits per heavy atom. The molecule has 97 heavy (non-hydrogen) atoms. The van der Waals surface area contributed by atoms with Gasteiger partial charge in [-0.15, -0.1) is 24.0 Å². The molecule has 2 saturated heterocycles. The first-order valence-corrected chi connectivity index (χ1v) is 38.4. The lowest BCUT2D eigenvalue weighted by atomic mass is 10.1. The molecule has 524 valence electrons. The number of nitrogens with one attached hydrogen (secondary N) is 1. The zero-order chi connectivity index (χ0) is 69.5. The Bertz CT molecular complexity index is 4510. The van der Waals surface area contributed by atoms with Gasteiger partial charge in [0.1, 0.15) is 67.6 Å². The zero-order valence-corrected chi connectivity index (χ0v) is 61.1. The van der Waals surface area contributed by atoms with E-state index in [-0.39, 0.29) is 113 Å². The van der Waals surface area contributed by atoms with Gasteiger partial charge in [0.2, 0.25) is 10.9 Å². The number of nitro groups is 3. The fourth-order valence-electron chi connectivity index (χ4n) is 11.0. The van der Waals surface area contributed by atoms with Crippen LogP contribution in [0.2, 0.25) is 0 Å². The monoisotopic (exact) mass is 1750 g/mol. The summed E-state index contributed by atoms with van der Waals surface area (Å²) >= 11 is 6.90. The van der Waals surface area contributed by atoms with E-state index in [2.05, 4.69) is 62.4 Å². The lowest BCUT2D eigenvalue weighted by Crippen LogP contribution is -2.47. The van der Waals surface area contributed by atoms with Crippen molar-refractivity contribution in [2.24, 2.45) is 0 Å². The largest absolute Gasteiger partial charge is 0.477 e. The molecule has 0 bridgehead atoms. The van der Waals surface area contributed by atoms with E-state index >= 15 is 4.39 Å². The third kappa shape index (κ3) is 17.4. The number of carboxylic acid groups (broad SMARTS) is 2. The van der Waals surface area contributed by atoms with Crippen LogP contribution >= 0.6 is 84.7 Å². The van der Waals surface area contributed by atoms with E-state index in [0.717, 1.165) is 30.9 Å². The number of aromatic carboxylic acids is 2. The van der Waals surface area contributed by atoms with E-state index in [0.29, 0.717) is 102 Å². The van der Waals surface area contributed by atoms with Crippen molar-refractivity contribution in [2.75, 3.05) is 81.9 Å². The van der Waals surface area contributed by atoms with Crippen molar-refractivity contribution >= 4 is 157 Å². The number of imidazole rings is 3. The first-order chi connectivity index (χ1) is 45.1. The number of pyridine rings is 2. The van der Waals surface area contributed by atoms with E-state index in [1.807, 2.05) is 35.1 Å². The summed E-state index contributed by atoms with van der Waals surface area (Å²) in [4.78, 5) is 96.9. The Labute approximate surface area is 601 Å². The highest BCUT2D eigenvalue weighted by Crippen LogP contribution is 2.48. The fraction of sp³-hybridized carbons (Fsp3) is 0.397. The summed E-state index contributed by atoms with van der Waals surface area (Å²) in [6, 6.07) is 11.9. The maximum absolute atomic E-state index is 15.1. The van der Waals surface area contributed by atoms with Crippen LogP contribution in [-0.4, -0.2) is 165 Å². The molecule has 2 atom stereocenters. The molecule has 0 aliphatic carbocycles. The van der Waals surface area contributed by atoms with Gasteiger partial charge < -0.3 is 69.9 Å². The van der Waals surface area contributed by atoms with Gasteiger partial charge in [-0.1, -0.05) is 48.6 Å². The average molecular weight is 1750 g/mol. The Morgan fingerprint density at radius 2 is 1.04 bits per heavy atom. The number of carboxylic acids is 2. The fourth-order valence-corrected chi connectivity index (χ4v) is 14.2. The minimum absolute atomic E-state index is 0. The SMILES string of the molecule is C.CC1Sc2c(C(=O)O)c(=O)c3cc(F)c(N4CCNCC4)cc3n21.Cc1ccc(S(=O)(=O)OCCn2c([N+](=O)[O-])cnc2C)cc1.Cc1ncc([N+](=O)[O-])n1CCN1CCN(c2cc3c(cc2F)c(=O)c(C(=O)O)c2n3C(C)S2)CC1.Cc1ncc([N+](=O)[O-])n1CCO.I.II. The van der Waals surface area contributed by atoms with Gasteiger partial charge in [-0.25, -0.2) is 47.0 Å². The molecule has 8 aromatic rings. The van der Waals surface area contributed by atoms with E-state index in [1.165, 1.54) is 63.3 Å². The smallest absolute Gasteiger partial charge is 0.342 e. The van der Waals surface area contributed by atoms with Crippen molar-refractivity contribution in [2.45, 2.75) is 94.3 Å². The molecular formula is C58H68F2I3N15O16S3. The second kappa shape index (κ2) is 34.2. The summed E-state index contributed by atoms with van der Waals surface area (Å²) in [6.07, 6.45) is 3.57. The molecule has 9 heterocycles. The second-order valence-corrected chi connectivity index (χ2v) is 25.8. The molecule has 31 nitrogen and oxygen atoms in total. The van der Waals surface area contributed by atoms with Gasteiger partial charge in [0, 0.05) is 128 Å². The van der Waals surface area contributed by atoms with Crippen LogP contribution in [0.4, 0.5) is 37.6 Å². The van der Waals surface area contributed by atoms with Crippen LogP contribution in [0.25, 0.3) is 21.8 Å². The van der Waals surface area contributed by atoms with Gasteiger partial charge in [-0.3, -0.25) is 18.7 Å². The van der Waals surface area contributed by atoms with E-state index in [4.69, 9.17) is 9.29 Å². The summed E-state index contributed by atoms with van der Waals surface area (Å²) in [5.74, 6) is -2.41. The molecule has 4 aliphatic rings. The maximum Gasteiger partial charge on any atom is 0.342 e. The van der Waals surface area contributed by atoms with E-state index < -0.39 is 59.3 Å². The number of aryl methyl sites for hydroxylation is 4. The topological polar surface area (TPSA) is 387 Å². The van der Waals surface area contributed by atoms with Crippen molar-refractivity contribution in [3.05, 3.63) is 164 Å². The number of rotatable bonds is 17. The molecule has 5 aromatic heterocycles. The van der Waals surface area contributed by atoms with Gasteiger partial charge in [0.05, 0.1) is 54.7 Å². The number of carbonyl (C=O) groups is 2. The zero-order valence-electron chi connectivity index (χ0n) is 52.0. The van der Waals surface area contributed by atoms with E-state index in [1.54, 1.807) is 54.2 Å². The molecule has 12 rings (SSSR count). The molecule has 4 N–H and O–H groups in total. The van der Waals surface area contributed by atoms with Crippen LogP contribution in [0.5, 0.6) is 0 Å². The molecule has 0 spiro atoms. The van der Waals surface area contributed by atoms with Crippen molar-refractivity contribution in [1.29, 1.82) is 0 Å². The van der Waals surface area contributed by atoms with Gasteiger partial charge >= 0.3 is 29.4 Å². The van der Waals surface area contributed by atoms with Crippen LogP contribution in [0, 0.1) is 69.7 Å². The number of thioether (sulfide) groups is 2. The third-order valence-corrected chi connectivity index (χ3v) is 19.5. The molecule has 2 fully saturated rings. The Balaban J connectivity index is 0.000000212. The van der Waals surface area contributed by atoms with Gasteiger partial charge in [-0.05, 0) is 71.9 Å². The summed E-state index contributed by atoms with van der Waals surface area (Å²) in [6.45, 7) is 16.9. The molecule has 0 radical (unpaired) electrons. The van der Waals surface area contributed by atoms with Crippen LogP contribution in [0.1, 0.15) is 75.8 Å². The number of hydrogen-bond donors (Lipinski definition) is 4. The maximum atomic E-state index is 15.1. The first kappa shape index (κ1) is 79.0. The van der Waals surface area contributed by atoms with Crippen LogP contribution in [-0.2, 0) is 33.9 Å². The van der Waals surface area contributed by atoms with E-state index in [9.17, 15) is 72.5 Å². The molecule has 3 aromatic carbocycles. The minimum Gasteiger partial charge on any atom is -0.477 e. The number of aliphatic hydroxyl groups is 1. The predicted molar refractivity (Wildman–Crippen MR) is 388 cm³/mol. The molecule has 4 aliphatic heterocycles. The lowest BCUT2D eigenvalue weighted by molar-refractivity contribution is -0.392. The summed E-state index contributed by atoms with van der Waals surface area (Å²) < 4.78 is 66.5. The number of halogens is 5. The second-order valence-electron chi connectivity index (χ2n) is 21.5. The normalized spacial score (nSPS) is 15.3. The summed E-state index contributed by atoms with van der Waals surface area (Å²) in [5.41, 5.74) is 1.04. The molecule has 39 heteroatoms. The number of hydrogen-bond acceptors (Lipinski definition) is 23. The number of aliphatic hydroxyl groups excluding tert-OH is 1. The number of piperazine rings is 2. The van der Waals surface area contributed by atoms with Crippen LogP contribution in [0.3, 0.4) is 0 Å². The van der Waals surface area contributed by atoms with Gasteiger partial charge in [0.25, 0.3) is 10.1 Å². The summed E-state index contributed by atoms with van der Waals surface area (Å²) in [7, 11) is -3.88. The number of aromatic nitrogens is 8. The Kier molecular flexibility index (Phi) is 27.8. The van der Waals surface area contributed by atoms with Gasteiger partial charge in [-0.2, -0.15) is 8.42 Å². The number of anilines is 2. The lowest BCUT2D eigenvalue weighted by Gasteiger charge is -2.37. The van der Waals surface area contributed by atoms with Crippen molar-refractivity contribution in [1.82, 2.24) is 48.0 Å². The average Bonchev–Trinajstić information content (AvgIpc) is 1.15. The highest BCUT2D eigenvalue weighted by molar-refractivity contribution is 15.0. The number of nitrogens with zero attached hydrogens (tertiary/aromatic N) is 14. The highest BCUT2D eigenvalue weighted by Gasteiger charge is 2.36. The van der Waals surface area contributed by atoms with Crippen molar-refractivity contribution < 1.29 is 61.1 Å². The van der Waals surface area contributed by atoms with Gasteiger partial charge in [0.15, 0.2) is 17.5 Å². The first-order valence-electron chi connectivity index (χ1n) is 28.9. The standard InChI is InChI=1S/C22H23FN6O5S.C16H16FN3O3S.C13H15N3O5S.C6H9N3O3.CH4.I2.HI/c1-12-24-11-18(29(33)34)27(12)8-5-25-3-6-26(7-4-25)17-10-16-14(9-15(17)23)20(30)19(22(31)32)21-28(16)13(2)35-21;1-8-20-11-7-12(19-4-2-18-3-5-19)10(17)6-9(11)14(21)13(16(22)23)15(20)24-8;1-10-3-5-12(6-4-10)22(19,20)21-8-7-15-11(2)14-9-13(15)16(17)18;1-5-7-4-6(9(11)12)8(5)2-3-10;;1-2;/h9-11,13H,3-8H2,1-2H3,(H,31,32);6-8,18H,2-5H2,1H3,(H,22,23);3-6,9H,7-8H2,1-2H3;4,10H,2-3H2,1H3;1H4;;1H. The predicted octanol–water partition coefficient (Wildman–Crippen LogP) is 9.50. The van der Waals surface area contributed by atoms with Crippen LogP contribution in [0.15, 0.2) is 91.7 Å². The Morgan fingerprint density at radius 3 is 1.42 bits per heavy atom. The quantitative estimate of drug-likeness (QED) is 0.0285. The number of fused-ring (bicyclic) bond motifs is 6. The molecule has 2 unspecified atom stereocenters.